The molecule has 1 aliphatic heterocycles. The average molecular weight is 364 g/mol. The van der Waals surface area contributed by atoms with Gasteiger partial charge in [0.1, 0.15) is 17.3 Å². The molecule has 2 amide bonds. The molecule has 1 aromatic carbocycles. The van der Waals surface area contributed by atoms with E-state index in [1.807, 2.05) is 42.5 Å². The van der Waals surface area contributed by atoms with Crippen LogP contribution >= 0.6 is 0 Å². The molecule has 0 fully saturated rings. The van der Waals surface area contributed by atoms with E-state index in [0.717, 1.165) is 11.3 Å². The molecule has 1 aliphatic rings. The van der Waals surface area contributed by atoms with Gasteiger partial charge >= 0.3 is 0 Å². The van der Waals surface area contributed by atoms with Crippen LogP contribution in [0.5, 0.6) is 0 Å². The maximum Gasteiger partial charge on any atom is 0.266 e. The summed E-state index contributed by atoms with van der Waals surface area (Å²) >= 11 is 0. The Morgan fingerprint density at radius 1 is 1.15 bits per heavy atom. The number of imidazole rings is 1. The SMILES string of the molecule is NC(=O)c1cnc2n1CCN(C(=O)CC(c1ccccc1)c1ccco1)C2. The van der Waals surface area contributed by atoms with Gasteiger partial charge < -0.3 is 19.6 Å². The Balaban J connectivity index is 1.53. The van der Waals surface area contributed by atoms with Crippen molar-refractivity contribution in [2.45, 2.75) is 25.4 Å². The predicted molar refractivity (Wildman–Crippen MR) is 97.8 cm³/mol. The van der Waals surface area contributed by atoms with Crippen LogP contribution in [0.1, 0.15) is 40.0 Å². The molecule has 138 valence electrons. The van der Waals surface area contributed by atoms with Gasteiger partial charge in [0.2, 0.25) is 5.91 Å². The molecular formula is C20H20N4O3. The normalized spacial score (nSPS) is 14.6. The lowest BCUT2D eigenvalue weighted by atomic mass is 9.92. The number of nitrogens with zero attached hydrogens (tertiary/aromatic N) is 3. The zero-order chi connectivity index (χ0) is 18.8. The van der Waals surface area contributed by atoms with Crippen molar-refractivity contribution in [3.05, 3.63) is 77.8 Å². The number of hydrogen-bond acceptors (Lipinski definition) is 4. The summed E-state index contributed by atoms with van der Waals surface area (Å²) in [5.41, 5.74) is 6.79. The summed E-state index contributed by atoms with van der Waals surface area (Å²) in [4.78, 5) is 30.5. The van der Waals surface area contributed by atoms with Crippen molar-refractivity contribution in [1.29, 1.82) is 0 Å². The van der Waals surface area contributed by atoms with E-state index in [0.29, 0.717) is 37.6 Å². The predicted octanol–water partition coefficient (Wildman–Crippen LogP) is 2.14. The highest BCUT2D eigenvalue weighted by Gasteiger charge is 2.28. The van der Waals surface area contributed by atoms with Gasteiger partial charge in [-0.25, -0.2) is 4.98 Å². The number of nitrogens with two attached hydrogens (primary N) is 1. The highest BCUT2D eigenvalue weighted by Crippen LogP contribution is 2.29. The van der Waals surface area contributed by atoms with Gasteiger partial charge in [-0.1, -0.05) is 30.3 Å². The van der Waals surface area contributed by atoms with Crippen molar-refractivity contribution >= 4 is 11.8 Å². The lowest BCUT2D eigenvalue weighted by Crippen LogP contribution is -2.40. The van der Waals surface area contributed by atoms with Crippen LogP contribution in [0.25, 0.3) is 0 Å². The summed E-state index contributed by atoms with van der Waals surface area (Å²) in [5.74, 6) is 0.823. The Kier molecular flexibility index (Phi) is 4.50. The van der Waals surface area contributed by atoms with Crippen LogP contribution in [0.15, 0.2) is 59.3 Å². The number of aromatic nitrogens is 2. The summed E-state index contributed by atoms with van der Waals surface area (Å²) < 4.78 is 7.37. The third-order valence-corrected chi connectivity index (χ3v) is 4.94. The van der Waals surface area contributed by atoms with E-state index in [4.69, 9.17) is 10.2 Å². The van der Waals surface area contributed by atoms with Gasteiger partial charge in [-0.3, -0.25) is 9.59 Å². The molecule has 7 heteroatoms. The first-order valence-corrected chi connectivity index (χ1v) is 8.84. The number of carbonyl (C=O) groups is 2. The first-order chi connectivity index (χ1) is 13.1. The maximum absolute atomic E-state index is 13.0. The number of primary amides is 1. The van der Waals surface area contributed by atoms with E-state index in [1.165, 1.54) is 6.20 Å². The van der Waals surface area contributed by atoms with Gasteiger partial charge in [0, 0.05) is 19.5 Å². The molecule has 0 saturated heterocycles. The number of hydrogen-bond donors (Lipinski definition) is 1. The fourth-order valence-electron chi connectivity index (χ4n) is 3.53. The van der Waals surface area contributed by atoms with Crippen molar-refractivity contribution < 1.29 is 14.0 Å². The summed E-state index contributed by atoms with van der Waals surface area (Å²) in [6.45, 7) is 1.39. The number of rotatable bonds is 5. The fourth-order valence-corrected chi connectivity index (χ4v) is 3.53. The summed E-state index contributed by atoms with van der Waals surface area (Å²) in [6.07, 6.45) is 3.40. The molecule has 1 atom stereocenters. The van der Waals surface area contributed by atoms with E-state index in [-0.39, 0.29) is 11.8 Å². The highest BCUT2D eigenvalue weighted by molar-refractivity contribution is 5.91. The number of carbonyl (C=O) groups excluding carboxylic acids is 2. The minimum absolute atomic E-state index is 0.0233. The van der Waals surface area contributed by atoms with Crippen LogP contribution in [0, 0.1) is 0 Å². The lowest BCUT2D eigenvalue weighted by molar-refractivity contribution is -0.133. The first-order valence-electron chi connectivity index (χ1n) is 8.84. The third kappa shape index (κ3) is 3.36. The van der Waals surface area contributed by atoms with Gasteiger partial charge in [-0.2, -0.15) is 0 Å². The van der Waals surface area contributed by atoms with Gasteiger partial charge in [0.25, 0.3) is 5.91 Å². The smallest absolute Gasteiger partial charge is 0.266 e. The molecule has 0 bridgehead atoms. The van der Waals surface area contributed by atoms with E-state index in [1.54, 1.807) is 15.7 Å². The Labute approximate surface area is 156 Å². The maximum atomic E-state index is 13.0. The fraction of sp³-hybridized carbons (Fsp3) is 0.250. The van der Waals surface area contributed by atoms with Crippen LogP contribution in [-0.4, -0.2) is 32.8 Å². The molecule has 4 rings (SSSR count). The monoisotopic (exact) mass is 364 g/mol. The Hall–Kier alpha value is -3.35. The molecule has 27 heavy (non-hydrogen) atoms. The van der Waals surface area contributed by atoms with Crippen molar-refractivity contribution in [3.63, 3.8) is 0 Å². The third-order valence-electron chi connectivity index (χ3n) is 4.94. The molecule has 0 aliphatic carbocycles. The summed E-state index contributed by atoms with van der Waals surface area (Å²) in [5, 5.41) is 0. The Morgan fingerprint density at radius 3 is 2.67 bits per heavy atom. The number of benzene rings is 1. The topological polar surface area (TPSA) is 94.4 Å². The van der Waals surface area contributed by atoms with E-state index >= 15 is 0 Å². The average Bonchev–Trinajstić information content (AvgIpc) is 3.35. The first kappa shape index (κ1) is 17.1. The van der Waals surface area contributed by atoms with Gasteiger partial charge in [-0.15, -0.1) is 0 Å². The Morgan fingerprint density at radius 2 is 1.96 bits per heavy atom. The number of furan rings is 1. The van der Waals surface area contributed by atoms with E-state index < -0.39 is 5.91 Å². The largest absolute Gasteiger partial charge is 0.469 e. The molecule has 2 N–H and O–H groups in total. The minimum Gasteiger partial charge on any atom is -0.469 e. The van der Waals surface area contributed by atoms with Crippen molar-refractivity contribution in [2.75, 3.05) is 6.54 Å². The molecule has 3 aromatic rings. The van der Waals surface area contributed by atoms with Crippen LogP contribution in [-0.2, 0) is 17.9 Å². The van der Waals surface area contributed by atoms with Crippen LogP contribution < -0.4 is 5.73 Å². The van der Waals surface area contributed by atoms with E-state index in [9.17, 15) is 9.59 Å². The standard InChI is InChI=1S/C20H20N4O3/c21-20(26)16-12-22-18-13-23(8-9-24(16)18)19(25)11-15(17-7-4-10-27-17)14-5-2-1-3-6-14/h1-7,10,12,15H,8-9,11,13H2,(H2,21,26). The molecule has 0 radical (unpaired) electrons. The van der Waals surface area contributed by atoms with E-state index in [2.05, 4.69) is 4.98 Å². The second-order valence-corrected chi connectivity index (χ2v) is 6.57. The molecule has 0 saturated carbocycles. The Bertz CT molecular complexity index is 947. The number of fused-ring (bicyclic) bond motifs is 1. The summed E-state index contributed by atoms with van der Waals surface area (Å²) in [6, 6.07) is 13.6. The lowest BCUT2D eigenvalue weighted by Gasteiger charge is -2.29. The quantitative estimate of drug-likeness (QED) is 0.750. The zero-order valence-corrected chi connectivity index (χ0v) is 14.7. The van der Waals surface area contributed by atoms with Gasteiger partial charge in [0.15, 0.2) is 0 Å². The highest BCUT2D eigenvalue weighted by atomic mass is 16.3. The summed E-state index contributed by atoms with van der Waals surface area (Å²) in [7, 11) is 0. The number of amides is 2. The van der Waals surface area contributed by atoms with Gasteiger partial charge in [-0.05, 0) is 17.7 Å². The zero-order valence-electron chi connectivity index (χ0n) is 14.7. The molecule has 3 heterocycles. The van der Waals surface area contributed by atoms with Crippen LogP contribution in [0.3, 0.4) is 0 Å². The second-order valence-electron chi connectivity index (χ2n) is 6.57. The van der Waals surface area contributed by atoms with Crippen LogP contribution in [0.4, 0.5) is 0 Å². The van der Waals surface area contributed by atoms with Crippen molar-refractivity contribution in [2.24, 2.45) is 5.73 Å². The minimum atomic E-state index is -0.504. The molecule has 2 aromatic heterocycles. The molecule has 7 nitrogen and oxygen atoms in total. The van der Waals surface area contributed by atoms with Crippen molar-refractivity contribution in [1.82, 2.24) is 14.5 Å². The molecule has 0 spiro atoms. The van der Waals surface area contributed by atoms with Crippen LogP contribution in [0.2, 0.25) is 0 Å². The molecular weight excluding hydrogens is 344 g/mol. The second kappa shape index (κ2) is 7.11. The van der Waals surface area contributed by atoms with Gasteiger partial charge in [0.05, 0.1) is 24.9 Å². The van der Waals surface area contributed by atoms with Crippen molar-refractivity contribution in [3.8, 4) is 0 Å². The molecule has 1 unspecified atom stereocenters.